The fourth-order valence-electron chi connectivity index (χ4n) is 1.85. The first-order valence-corrected chi connectivity index (χ1v) is 5.87. The molecule has 1 heterocycles. The van der Waals surface area contributed by atoms with Crippen molar-refractivity contribution in [3.63, 3.8) is 0 Å². The van der Waals surface area contributed by atoms with Gasteiger partial charge in [0, 0.05) is 12.3 Å². The van der Waals surface area contributed by atoms with Crippen molar-refractivity contribution >= 4 is 5.97 Å². The largest absolute Gasteiger partial charge is 0.480 e. The van der Waals surface area contributed by atoms with E-state index in [9.17, 15) is 22.8 Å². The van der Waals surface area contributed by atoms with Crippen molar-refractivity contribution in [2.75, 3.05) is 0 Å². The van der Waals surface area contributed by atoms with Crippen LogP contribution < -0.4 is 5.56 Å². The van der Waals surface area contributed by atoms with Gasteiger partial charge in [-0.25, -0.2) is 0 Å². The second-order valence-corrected chi connectivity index (χ2v) is 4.36. The summed E-state index contributed by atoms with van der Waals surface area (Å²) in [5.41, 5.74) is -0.755. The van der Waals surface area contributed by atoms with Gasteiger partial charge in [-0.2, -0.15) is 13.2 Å². The lowest BCUT2D eigenvalue weighted by molar-refractivity contribution is -0.138. The first-order chi connectivity index (χ1) is 9.77. The molecule has 0 amide bonds. The second-order valence-electron chi connectivity index (χ2n) is 4.36. The molecule has 7 heteroatoms. The van der Waals surface area contributed by atoms with Crippen LogP contribution >= 0.6 is 0 Å². The van der Waals surface area contributed by atoms with Crippen LogP contribution in [-0.2, 0) is 17.5 Å². The molecular formula is C14H10F3NO3. The Bertz CT molecular complexity index is 735. The first-order valence-electron chi connectivity index (χ1n) is 5.87. The number of carbonyl (C=O) groups is 1. The summed E-state index contributed by atoms with van der Waals surface area (Å²) in [6.45, 7) is -0.550. The zero-order valence-corrected chi connectivity index (χ0v) is 10.6. The highest BCUT2D eigenvalue weighted by Crippen LogP contribution is 2.31. The summed E-state index contributed by atoms with van der Waals surface area (Å²) >= 11 is 0. The molecule has 0 aliphatic carbocycles. The fraction of sp³-hybridized carbons (Fsp3) is 0.143. The molecule has 0 saturated carbocycles. The minimum Gasteiger partial charge on any atom is -0.480 e. The number of aromatic nitrogens is 1. The van der Waals surface area contributed by atoms with Gasteiger partial charge in [0.1, 0.15) is 6.54 Å². The normalized spacial score (nSPS) is 11.4. The minimum atomic E-state index is -4.47. The van der Waals surface area contributed by atoms with Gasteiger partial charge in [0.15, 0.2) is 0 Å². The zero-order chi connectivity index (χ0) is 15.6. The van der Waals surface area contributed by atoms with Crippen molar-refractivity contribution in [2.24, 2.45) is 0 Å². The lowest BCUT2D eigenvalue weighted by atomic mass is 10.0. The molecule has 2 aromatic rings. The molecule has 1 aromatic carbocycles. The molecule has 4 nitrogen and oxygen atoms in total. The average Bonchev–Trinajstić information content (AvgIpc) is 2.40. The van der Waals surface area contributed by atoms with Crippen molar-refractivity contribution in [1.29, 1.82) is 0 Å². The third-order valence-corrected chi connectivity index (χ3v) is 2.81. The van der Waals surface area contributed by atoms with Crippen LogP contribution in [-0.4, -0.2) is 15.6 Å². The summed E-state index contributed by atoms with van der Waals surface area (Å²) in [4.78, 5) is 22.1. The Labute approximate surface area is 117 Å². The Morgan fingerprint density at radius 1 is 1.14 bits per heavy atom. The van der Waals surface area contributed by atoms with Crippen LogP contribution in [0.3, 0.4) is 0 Å². The SMILES string of the molecule is O=C(O)Cn1cc(-c2cccc(C(F)(F)F)c2)ccc1=O. The molecule has 21 heavy (non-hydrogen) atoms. The number of alkyl halides is 3. The molecule has 0 saturated heterocycles. The van der Waals surface area contributed by atoms with E-state index in [4.69, 9.17) is 5.11 Å². The van der Waals surface area contributed by atoms with E-state index in [1.807, 2.05) is 0 Å². The topological polar surface area (TPSA) is 59.3 Å². The van der Waals surface area contributed by atoms with Crippen molar-refractivity contribution in [1.82, 2.24) is 4.57 Å². The van der Waals surface area contributed by atoms with Gasteiger partial charge in [-0.15, -0.1) is 0 Å². The molecule has 110 valence electrons. The van der Waals surface area contributed by atoms with Crippen molar-refractivity contribution in [3.05, 3.63) is 58.5 Å². The van der Waals surface area contributed by atoms with E-state index in [0.29, 0.717) is 5.56 Å². The number of carboxylic acids is 1. The number of benzene rings is 1. The number of nitrogens with zero attached hydrogens (tertiary/aromatic N) is 1. The molecular weight excluding hydrogens is 287 g/mol. The maximum absolute atomic E-state index is 12.7. The van der Waals surface area contributed by atoms with Crippen LogP contribution in [0, 0.1) is 0 Å². The van der Waals surface area contributed by atoms with Crippen LogP contribution in [0.5, 0.6) is 0 Å². The third-order valence-electron chi connectivity index (χ3n) is 2.81. The predicted molar refractivity (Wildman–Crippen MR) is 68.8 cm³/mol. The number of aliphatic carboxylic acids is 1. The number of halogens is 3. The molecule has 1 N–H and O–H groups in total. The van der Waals surface area contributed by atoms with Crippen molar-refractivity contribution < 1.29 is 23.1 Å². The van der Waals surface area contributed by atoms with Gasteiger partial charge in [0.05, 0.1) is 5.56 Å². The number of rotatable bonds is 3. The van der Waals surface area contributed by atoms with Gasteiger partial charge >= 0.3 is 12.1 Å². The van der Waals surface area contributed by atoms with Crippen molar-refractivity contribution in [2.45, 2.75) is 12.7 Å². The molecule has 0 atom stereocenters. The smallest absolute Gasteiger partial charge is 0.416 e. The molecule has 0 bridgehead atoms. The Morgan fingerprint density at radius 2 is 1.86 bits per heavy atom. The van der Waals surface area contributed by atoms with E-state index in [-0.39, 0.29) is 5.56 Å². The molecule has 1 aromatic heterocycles. The highest BCUT2D eigenvalue weighted by molar-refractivity contribution is 5.67. The Balaban J connectivity index is 2.47. The summed E-state index contributed by atoms with van der Waals surface area (Å²) in [5.74, 6) is -1.21. The monoisotopic (exact) mass is 297 g/mol. The summed E-state index contributed by atoms with van der Waals surface area (Å²) in [5, 5.41) is 8.70. The molecule has 0 aliphatic heterocycles. The summed E-state index contributed by atoms with van der Waals surface area (Å²) < 4.78 is 38.9. The highest BCUT2D eigenvalue weighted by atomic mass is 19.4. The molecule has 0 fully saturated rings. The van der Waals surface area contributed by atoms with Gasteiger partial charge in [0.2, 0.25) is 0 Å². The number of pyridine rings is 1. The number of carboxylic acid groups (broad SMARTS) is 1. The third kappa shape index (κ3) is 3.50. The average molecular weight is 297 g/mol. The number of hydrogen-bond donors (Lipinski definition) is 1. The zero-order valence-electron chi connectivity index (χ0n) is 10.6. The van der Waals surface area contributed by atoms with E-state index < -0.39 is 29.8 Å². The molecule has 2 rings (SSSR count). The lowest BCUT2D eigenvalue weighted by Crippen LogP contribution is -2.22. The van der Waals surface area contributed by atoms with E-state index in [2.05, 4.69) is 0 Å². The summed E-state index contributed by atoms with van der Waals surface area (Å²) in [6.07, 6.45) is -3.24. The Hall–Kier alpha value is -2.57. The fourth-order valence-corrected chi connectivity index (χ4v) is 1.85. The first kappa shape index (κ1) is 14.8. The van der Waals surface area contributed by atoms with Gasteiger partial charge in [-0.1, -0.05) is 12.1 Å². The van der Waals surface area contributed by atoms with Gasteiger partial charge < -0.3 is 9.67 Å². The Morgan fingerprint density at radius 3 is 2.48 bits per heavy atom. The van der Waals surface area contributed by atoms with Gasteiger partial charge in [-0.3, -0.25) is 9.59 Å². The Kier molecular flexibility index (Phi) is 3.84. The molecule has 0 aliphatic rings. The summed E-state index contributed by atoms with van der Waals surface area (Å²) in [7, 11) is 0. The maximum Gasteiger partial charge on any atom is 0.416 e. The van der Waals surface area contributed by atoms with Crippen molar-refractivity contribution in [3.8, 4) is 11.1 Å². The van der Waals surface area contributed by atoms with E-state index in [0.717, 1.165) is 22.8 Å². The highest BCUT2D eigenvalue weighted by Gasteiger charge is 2.30. The molecule has 0 radical (unpaired) electrons. The maximum atomic E-state index is 12.7. The quantitative estimate of drug-likeness (QED) is 0.947. The van der Waals surface area contributed by atoms with Crippen LogP contribution in [0.25, 0.3) is 11.1 Å². The number of hydrogen-bond acceptors (Lipinski definition) is 2. The standard InChI is InChI=1S/C14H10F3NO3/c15-14(16,17)11-3-1-2-9(6-11)10-4-5-12(19)18(7-10)8-13(20)21/h1-7H,8H2,(H,20,21). The van der Waals surface area contributed by atoms with Crippen LogP contribution in [0.1, 0.15) is 5.56 Å². The van der Waals surface area contributed by atoms with Crippen LogP contribution in [0.15, 0.2) is 47.4 Å². The van der Waals surface area contributed by atoms with Crippen LogP contribution in [0.2, 0.25) is 0 Å². The second kappa shape index (κ2) is 5.43. The predicted octanol–water partition coefficient (Wildman–Crippen LogP) is 2.62. The van der Waals surface area contributed by atoms with Gasteiger partial charge in [-0.05, 0) is 29.3 Å². The van der Waals surface area contributed by atoms with Crippen LogP contribution in [0.4, 0.5) is 13.2 Å². The lowest BCUT2D eigenvalue weighted by Gasteiger charge is -2.10. The molecule has 0 spiro atoms. The molecule has 0 unspecified atom stereocenters. The van der Waals surface area contributed by atoms with E-state index in [1.54, 1.807) is 0 Å². The van der Waals surface area contributed by atoms with Gasteiger partial charge in [0.25, 0.3) is 5.56 Å². The van der Waals surface area contributed by atoms with E-state index >= 15 is 0 Å². The van der Waals surface area contributed by atoms with E-state index in [1.165, 1.54) is 24.4 Å². The minimum absolute atomic E-state index is 0.254. The summed E-state index contributed by atoms with van der Waals surface area (Å²) in [6, 6.07) is 7.08.